The Morgan fingerprint density at radius 3 is 1.58 bits per heavy atom. The van der Waals surface area contributed by atoms with Crippen molar-refractivity contribution in [2.24, 2.45) is 0 Å². The van der Waals surface area contributed by atoms with Gasteiger partial charge in [-0.1, -0.05) is 178 Å². The first-order chi connectivity index (χ1) is 27.7. The van der Waals surface area contributed by atoms with Crippen LogP contribution in [0, 0.1) is 0 Å². The Hall–Kier alpha value is -5.03. The van der Waals surface area contributed by atoms with E-state index in [0.717, 1.165) is 28.6 Å². The first-order valence-electron chi connectivity index (χ1n) is 20.4. The van der Waals surface area contributed by atoms with Crippen LogP contribution in [0.2, 0.25) is 0 Å². The molecule has 0 fully saturated rings. The second-order valence-corrected chi connectivity index (χ2v) is 18.8. The minimum absolute atomic E-state index is 0.0535. The van der Waals surface area contributed by atoms with Gasteiger partial charge in [0.05, 0.1) is 5.69 Å². The van der Waals surface area contributed by atoms with Crippen LogP contribution >= 0.6 is 23.5 Å². The number of hydrogen-bond acceptors (Lipinski definition) is 4. The smallest absolute Gasteiger partial charge is 0.253 e. The molecule has 0 amide bonds. The molecule has 7 aromatic carbocycles. The van der Waals surface area contributed by atoms with Crippen molar-refractivity contribution in [1.82, 2.24) is 0 Å². The highest BCUT2D eigenvalue weighted by atomic mass is 32.2. The molecule has 0 saturated heterocycles. The predicted molar refractivity (Wildman–Crippen MR) is 247 cm³/mol. The van der Waals surface area contributed by atoms with E-state index in [9.17, 15) is 0 Å². The molecular formula is C51H45B2NOS2. The third-order valence-electron chi connectivity index (χ3n) is 12.0. The Morgan fingerprint density at radius 1 is 0.421 bits per heavy atom. The number of hydrogen-bond donors (Lipinski definition) is 0. The second-order valence-electron chi connectivity index (χ2n) is 16.6. The number of nitrogens with zero attached hydrogens (tertiary/aromatic N) is 1. The van der Waals surface area contributed by atoms with Gasteiger partial charge >= 0.3 is 0 Å². The van der Waals surface area contributed by atoms with Crippen LogP contribution in [0.1, 0.15) is 76.0 Å². The Kier molecular flexibility index (Phi) is 9.18. The van der Waals surface area contributed by atoms with Crippen LogP contribution in [-0.4, -0.2) is 13.4 Å². The van der Waals surface area contributed by atoms with Gasteiger partial charge in [0.2, 0.25) is 6.71 Å². The van der Waals surface area contributed by atoms with Crippen molar-refractivity contribution in [1.29, 1.82) is 0 Å². The molecule has 0 unspecified atom stereocenters. The monoisotopic (exact) mass is 773 g/mol. The van der Waals surface area contributed by atoms with E-state index in [-0.39, 0.29) is 13.4 Å². The summed E-state index contributed by atoms with van der Waals surface area (Å²) in [7, 11) is 0. The third-order valence-corrected chi connectivity index (χ3v) is 14.3. The maximum atomic E-state index is 6.92. The van der Waals surface area contributed by atoms with Gasteiger partial charge < -0.3 is 9.64 Å². The minimum Gasteiger partial charge on any atom is -0.458 e. The molecule has 278 valence electrons. The van der Waals surface area contributed by atoms with Crippen LogP contribution in [0.3, 0.4) is 0 Å². The van der Waals surface area contributed by atoms with Crippen LogP contribution in [0.4, 0.5) is 17.1 Å². The van der Waals surface area contributed by atoms with E-state index in [1.807, 2.05) is 23.5 Å². The summed E-state index contributed by atoms with van der Waals surface area (Å²) in [6.45, 7) is 14.4. The number of para-hydroxylation sites is 3. The molecule has 0 saturated carbocycles. The average molecular weight is 774 g/mol. The van der Waals surface area contributed by atoms with Gasteiger partial charge in [0.15, 0.2) is 0 Å². The van der Waals surface area contributed by atoms with Crippen molar-refractivity contribution in [2.75, 3.05) is 4.90 Å². The molecule has 0 aromatic heterocycles. The summed E-state index contributed by atoms with van der Waals surface area (Å²) >= 11 is 3.84. The molecule has 2 nitrogen and oxygen atoms in total. The van der Waals surface area contributed by atoms with E-state index in [1.165, 1.54) is 69.0 Å². The molecule has 0 N–H and O–H groups in total. The zero-order valence-electron chi connectivity index (χ0n) is 33.4. The Balaban J connectivity index is 1.20. The van der Waals surface area contributed by atoms with E-state index >= 15 is 0 Å². The van der Waals surface area contributed by atoms with Crippen LogP contribution < -0.4 is 42.4 Å². The third kappa shape index (κ3) is 6.15. The van der Waals surface area contributed by atoms with Crippen molar-refractivity contribution in [3.63, 3.8) is 0 Å². The predicted octanol–water partition coefficient (Wildman–Crippen LogP) is 10.6. The summed E-state index contributed by atoms with van der Waals surface area (Å²) < 4.78 is 6.92. The van der Waals surface area contributed by atoms with Crippen molar-refractivity contribution in [3.8, 4) is 11.5 Å². The normalized spacial score (nSPS) is 13.5. The molecule has 0 bridgehead atoms. The molecule has 57 heavy (non-hydrogen) atoms. The highest BCUT2D eigenvalue weighted by Crippen LogP contribution is 2.44. The van der Waals surface area contributed by atoms with Crippen molar-refractivity contribution >= 4 is 86.8 Å². The Bertz CT molecular complexity index is 2610. The minimum atomic E-state index is 0.0535. The van der Waals surface area contributed by atoms with E-state index in [1.54, 1.807) is 0 Å². The zero-order chi connectivity index (χ0) is 38.9. The quantitative estimate of drug-likeness (QED) is 0.150. The van der Waals surface area contributed by atoms with Crippen LogP contribution in [-0.2, 0) is 0 Å². The summed E-state index contributed by atoms with van der Waals surface area (Å²) in [6, 6.07) is 54.0. The van der Waals surface area contributed by atoms with Gasteiger partial charge in [-0.3, -0.25) is 0 Å². The number of benzene rings is 7. The van der Waals surface area contributed by atoms with Gasteiger partial charge in [-0.05, 0) is 93.9 Å². The Morgan fingerprint density at radius 2 is 0.965 bits per heavy atom. The van der Waals surface area contributed by atoms with Gasteiger partial charge in [-0.15, -0.1) is 0 Å². The van der Waals surface area contributed by atoms with Crippen LogP contribution in [0.15, 0.2) is 165 Å². The fourth-order valence-electron chi connectivity index (χ4n) is 9.28. The number of rotatable bonds is 7. The molecule has 0 radical (unpaired) electrons. The van der Waals surface area contributed by atoms with E-state index in [0.29, 0.717) is 17.8 Å². The lowest BCUT2D eigenvalue weighted by Crippen LogP contribution is -2.62. The van der Waals surface area contributed by atoms with Gasteiger partial charge in [-0.25, -0.2) is 0 Å². The number of ether oxygens (including phenoxy) is 1. The maximum absolute atomic E-state index is 6.92. The average Bonchev–Trinajstić information content (AvgIpc) is 3.22. The summed E-state index contributed by atoms with van der Waals surface area (Å²) in [6.07, 6.45) is 0. The second kappa shape index (κ2) is 14.4. The highest BCUT2D eigenvalue weighted by molar-refractivity contribution is 8.01. The van der Waals surface area contributed by atoms with Crippen LogP contribution in [0.25, 0.3) is 0 Å². The first-order valence-corrected chi connectivity index (χ1v) is 22.0. The summed E-state index contributed by atoms with van der Waals surface area (Å²) in [5.41, 5.74) is 15.9. The molecule has 0 spiro atoms. The molecular weight excluding hydrogens is 728 g/mol. The van der Waals surface area contributed by atoms with E-state index < -0.39 is 0 Å². The SMILES string of the molecule is CC(C)c1cc(C(C)C)c(B2c3ccccc3Sc3cc4c(cc32)B2c3ccccc3Oc3cc(N(c5ccccc5)c5ccccc5)cc(c32)S4)c(C(C)C)c1. The molecule has 7 aromatic rings. The van der Waals surface area contributed by atoms with Crippen LogP contribution in [0.5, 0.6) is 11.5 Å². The van der Waals surface area contributed by atoms with Gasteiger partial charge in [0, 0.05) is 37.0 Å². The molecule has 6 heteroatoms. The van der Waals surface area contributed by atoms with Gasteiger partial charge in [0.1, 0.15) is 11.5 Å². The molecule has 10 rings (SSSR count). The summed E-state index contributed by atoms with van der Waals surface area (Å²) in [4.78, 5) is 7.64. The zero-order valence-corrected chi connectivity index (χ0v) is 35.0. The molecule has 0 atom stereocenters. The first kappa shape index (κ1) is 36.3. The number of fused-ring (bicyclic) bond motifs is 6. The van der Waals surface area contributed by atoms with E-state index in [2.05, 4.69) is 192 Å². The topological polar surface area (TPSA) is 12.5 Å². The van der Waals surface area contributed by atoms with Gasteiger partial charge in [0.25, 0.3) is 6.71 Å². The van der Waals surface area contributed by atoms with Gasteiger partial charge in [-0.2, -0.15) is 0 Å². The lowest BCUT2D eigenvalue weighted by atomic mass is 9.32. The number of anilines is 3. The molecule has 3 aliphatic rings. The highest BCUT2D eigenvalue weighted by Gasteiger charge is 2.43. The van der Waals surface area contributed by atoms with Crippen molar-refractivity contribution in [3.05, 3.63) is 162 Å². The molecule has 3 aliphatic heterocycles. The summed E-state index contributed by atoms with van der Waals surface area (Å²) in [5, 5.41) is 0. The van der Waals surface area contributed by atoms with Crippen molar-refractivity contribution < 1.29 is 4.74 Å². The lowest BCUT2D eigenvalue weighted by molar-refractivity contribution is 0.486. The standard InChI is InChI=1S/C51H45B2NOS2/c1-31(2)34-25-38(32(3)4)50(39(26-34)33(5)6)53-41-22-14-16-24-46(41)56-47-30-48-42(29-43(47)53)52-40-21-13-15-23-44(40)55-45-27-37(28-49(57-48)51(45)52)54(35-17-9-7-10-18-35)36-19-11-8-12-20-36/h7-33H,1-6H3. The fraction of sp³-hybridized carbons (Fsp3) is 0.176. The lowest BCUT2D eigenvalue weighted by Gasteiger charge is -2.37. The molecule has 0 aliphatic carbocycles. The maximum Gasteiger partial charge on any atom is 0.253 e. The fourth-order valence-corrected chi connectivity index (χ4v) is 11.7. The molecule has 3 heterocycles. The van der Waals surface area contributed by atoms with Crippen molar-refractivity contribution in [2.45, 2.75) is 78.9 Å². The Labute approximate surface area is 347 Å². The summed E-state index contributed by atoms with van der Waals surface area (Å²) in [5.74, 6) is 3.13. The van der Waals surface area contributed by atoms with E-state index in [4.69, 9.17) is 4.74 Å². The largest absolute Gasteiger partial charge is 0.458 e.